The third-order valence-electron chi connectivity index (χ3n) is 3.16. The van der Waals surface area contributed by atoms with E-state index >= 15 is 0 Å². The van der Waals surface area contributed by atoms with E-state index in [4.69, 9.17) is 4.74 Å². The van der Waals surface area contributed by atoms with Crippen LogP contribution in [-0.4, -0.2) is 6.54 Å². The van der Waals surface area contributed by atoms with Gasteiger partial charge in [0.2, 0.25) is 0 Å². The van der Waals surface area contributed by atoms with Crippen molar-refractivity contribution in [3.8, 4) is 5.75 Å². The molecule has 0 aliphatic heterocycles. The topological polar surface area (TPSA) is 21.3 Å². The minimum atomic E-state index is 0.617. The maximum absolute atomic E-state index is 5.92. The van der Waals surface area contributed by atoms with E-state index in [1.54, 1.807) is 0 Å². The minimum absolute atomic E-state index is 0.617. The lowest BCUT2D eigenvalue weighted by Gasteiger charge is -2.12. The van der Waals surface area contributed by atoms with Crippen LogP contribution in [0.4, 0.5) is 0 Å². The van der Waals surface area contributed by atoms with Gasteiger partial charge in [-0.2, -0.15) is 0 Å². The maximum atomic E-state index is 5.92. The van der Waals surface area contributed by atoms with Crippen LogP contribution in [0.2, 0.25) is 0 Å². The molecule has 100 valence electrons. The van der Waals surface area contributed by atoms with E-state index in [2.05, 4.69) is 49.5 Å². The van der Waals surface area contributed by atoms with Gasteiger partial charge in [0.25, 0.3) is 0 Å². The Balaban J connectivity index is 2.05. The Morgan fingerprint density at radius 3 is 2.37 bits per heavy atom. The molecular formula is C17H21NO. The van der Waals surface area contributed by atoms with Crippen molar-refractivity contribution in [1.29, 1.82) is 0 Å². The van der Waals surface area contributed by atoms with Gasteiger partial charge in [-0.3, -0.25) is 0 Å². The fraction of sp³-hybridized carbons (Fsp3) is 0.294. The van der Waals surface area contributed by atoms with E-state index in [1.807, 2.05) is 18.2 Å². The molecular weight excluding hydrogens is 234 g/mol. The maximum Gasteiger partial charge on any atom is 0.122 e. The summed E-state index contributed by atoms with van der Waals surface area (Å²) >= 11 is 0. The van der Waals surface area contributed by atoms with E-state index in [0.29, 0.717) is 6.61 Å². The lowest BCUT2D eigenvalue weighted by atomic mass is 10.1. The highest BCUT2D eigenvalue weighted by atomic mass is 16.5. The quantitative estimate of drug-likeness (QED) is 0.850. The van der Waals surface area contributed by atoms with Crippen LogP contribution < -0.4 is 10.1 Å². The zero-order valence-electron chi connectivity index (χ0n) is 11.6. The fourth-order valence-electron chi connectivity index (χ4n) is 2.00. The molecule has 2 nitrogen and oxygen atoms in total. The smallest absolute Gasteiger partial charge is 0.122 e. The van der Waals surface area contributed by atoms with E-state index < -0.39 is 0 Å². The molecule has 0 spiro atoms. The highest BCUT2D eigenvalue weighted by molar-refractivity contribution is 5.33. The summed E-state index contributed by atoms with van der Waals surface area (Å²) in [7, 11) is 0. The van der Waals surface area contributed by atoms with Gasteiger partial charge >= 0.3 is 0 Å². The molecule has 2 aromatic carbocycles. The molecule has 0 fully saturated rings. The summed E-state index contributed by atoms with van der Waals surface area (Å²) in [6.07, 6.45) is 0. The summed E-state index contributed by atoms with van der Waals surface area (Å²) in [5.74, 6) is 0.959. The third-order valence-corrected chi connectivity index (χ3v) is 3.16. The highest BCUT2D eigenvalue weighted by Gasteiger charge is 2.03. The van der Waals surface area contributed by atoms with Crippen molar-refractivity contribution < 1.29 is 4.74 Å². The van der Waals surface area contributed by atoms with Gasteiger partial charge in [-0.25, -0.2) is 0 Å². The number of hydrogen-bond acceptors (Lipinski definition) is 2. The molecule has 2 rings (SSSR count). The average Bonchev–Trinajstić information content (AvgIpc) is 2.45. The van der Waals surface area contributed by atoms with E-state index in [9.17, 15) is 0 Å². The summed E-state index contributed by atoms with van der Waals surface area (Å²) in [4.78, 5) is 0. The van der Waals surface area contributed by atoms with Crippen LogP contribution >= 0.6 is 0 Å². The first kappa shape index (κ1) is 13.6. The predicted molar refractivity (Wildman–Crippen MR) is 79.3 cm³/mol. The standard InChI is InChI=1S/C17H21NO/c1-3-18-12-15-9-5-6-10-16(15)13-19-17-11-7-4-8-14(17)2/h4-11,18H,3,12-13H2,1-2H3. The first-order chi connectivity index (χ1) is 9.31. The molecule has 0 amide bonds. The van der Waals surface area contributed by atoms with Crippen molar-refractivity contribution in [3.63, 3.8) is 0 Å². The van der Waals surface area contributed by atoms with Crippen LogP contribution in [0.15, 0.2) is 48.5 Å². The van der Waals surface area contributed by atoms with Crippen LogP contribution in [0.25, 0.3) is 0 Å². The van der Waals surface area contributed by atoms with Gasteiger partial charge < -0.3 is 10.1 Å². The fourth-order valence-corrected chi connectivity index (χ4v) is 2.00. The molecule has 0 saturated heterocycles. The van der Waals surface area contributed by atoms with E-state index in [-0.39, 0.29) is 0 Å². The third kappa shape index (κ3) is 3.83. The number of ether oxygens (including phenoxy) is 1. The SMILES string of the molecule is CCNCc1ccccc1COc1ccccc1C. The predicted octanol–water partition coefficient (Wildman–Crippen LogP) is 3.68. The summed E-state index contributed by atoms with van der Waals surface area (Å²) in [6.45, 7) is 6.68. The molecule has 0 aliphatic carbocycles. The van der Waals surface area contributed by atoms with Gasteiger partial charge in [0, 0.05) is 6.54 Å². The second-order valence-corrected chi connectivity index (χ2v) is 4.60. The van der Waals surface area contributed by atoms with Crippen LogP contribution in [-0.2, 0) is 13.2 Å². The molecule has 0 saturated carbocycles. The summed E-state index contributed by atoms with van der Waals surface area (Å²) in [6, 6.07) is 16.5. The zero-order valence-corrected chi connectivity index (χ0v) is 11.6. The summed E-state index contributed by atoms with van der Waals surface area (Å²) in [5, 5.41) is 3.36. The van der Waals surface area contributed by atoms with Crippen molar-refractivity contribution in [3.05, 3.63) is 65.2 Å². The second kappa shape index (κ2) is 6.95. The number of aryl methyl sites for hydroxylation is 1. The van der Waals surface area contributed by atoms with Gasteiger partial charge in [-0.15, -0.1) is 0 Å². The molecule has 1 N–H and O–H groups in total. The Bertz CT molecular complexity index is 522. The normalized spacial score (nSPS) is 10.4. The molecule has 0 bridgehead atoms. The Labute approximate surface area is 115 Å². The number of nitrogens with one attached hydrogen (secondary N) is 1. The first-order valence-corrected chi connectivity index (χ1v) is 6.77. The van der Waals surface area contributed by atoms with Crippen LogP contribution in [0.5, 0.6) is 5.75 Å². The lowest BCUT2D eigenvalue weighted by Crippen LogP contribution is -2.14. The lowest BCUT2D eigenvalue weighted by molar-refractivity contribution is 0.302. The van der Waals surface area contributed by atoms with Gasteiger partial charge in [-0.1, -0.05) is 49.4 Å². The molecule has 2 heteroatoms. The van der Waals surface area contributed by atoms with Crippen molar-refractivity contribution in [2.75, 3.05) is 6.54 Å². The van der Waals surface area contributed by atoms with Crippen molar-refractivity contribution in [2.45, 2.75) is 27.0 Å². The van der Waals surface area contributed by atoms with Crippen LogP contribution in [0, 0.1) is 6.92 Å². The molecule has 0 unspecified atom stereocenters. The second-order valence-electron chi connectivity index (χ2n) is 4.60. The summed E-state index contributed by atoms with van der Waals surface area (Å²) in [5.41, 5.74) is 3.72. The molecule has 0 atom stereocenters. The van der Waals surface area contributed by atoms with Crippen molar-refractivity contribution in [2.24, 2.45) is 0 Å². The Hall–Kier alpha value is -1.80. The van der Waals surface area contributed by atoms with E-state index in [0.717, 1.165) is 18.8 Å². The molecule has 0 radical (unpaired) electrons. The van der Waals surface area contributed by atoms with Gasteiger partial charge in [0.1, 0.15) is 12.4 Å². The number of rotatable bonds is 6. The minimum Gasteiger partial charge on any atom is -0.489 e. The van der Waals surface area contributed by atoms with Crippen LogP contribution in [0.3, 0.4) is 0 Å². The largest absolute Gasteiger partial charge is 0.489 e. The Morgan fingerprint density at radius 1 is 0.947 bits per heavy atom. The number of para-hydroxylation sites is 1. The average molecular weight is 255 g/mol. The Kier molecular flexibility index (Phi) is 4.99. The monoisotopic (exact) mass is 255 g/mol. The van der Waals surface area contributed by atoms with E-state index in [1.165, 1.54) is 16.7 Å². The molecule has 0 aromatic heterocycles. The van der Waals surface area contributed by atoms with Gasteiger partial charge in [0.05, 0.1) is 0 Å². The Morgan fingerprint density at radius 2 is 1.63 bits per heavy atom. The summed E-state index contributed by atoms with van der Waals surface area (Å²) < 4.78 is 5.92. The molecule has 2 aromatic rings. The number of hydrogen-bond donors (Lipinski definition) is 1. The van der Waals surface area contributed by atoms with Crippen molar-refractivity contribution in [1.82, 2.24) is 5.32 Å². The highest BCUT2D eigenvalue weighted by Crippen LogP contribution is 2.19. The van der Waals surface area contributed by atoms with Crippen LogP contribution in [0.1, 0.15) is 23.6 Å². The van der Waals surface area contributed by atoms with Crippen molar-refractivity contribution >= 4 is 0 Å². The molecule has 0 aliphatic rings. The van der Waals surface area contributed by atoms with Gasteiger partial charge in [-0.05, 0) is 36.2 Å². The molecule has 0 heterocycles. The number of benzene rings is 2. The zero-order chi connectivity index (χ0) is 13.5. The first-order valence-electron chi connectivity index (χ1n) is 6.77. The molecule has 19 heavy (non-hydrogen) atoms. The van der Waals surface area contributed by atoms with Gasteiger partial charge in [0.15, 0.2) is 0 Å².